The first-order chi connectivity index (χ1) is 15.2. The van der Waals surface area contributed by atoms with E-state index in [1.54, 1.807) is 0 Å². The van der Waals surface area contributed by atoms with Gasteiger partial charge in [0.2, 0.25) is 5.91 Å². The average molecular weight is 434 g/mol. The monoisotopic (exact) mass is 433 g/mol. The first-order valence-corrected chi connectivity index (χ1v) is 11.5. The number of carbonyl (C=O) groups is 2. The Hall–Kier alpha value is -2.96. The van der Waals surface area contributed by atoms with Crippen molar-refractivity contribution < 1.29 is 9.59 Å². The largest absolute Gasteiger partial charge is 0.350 e. The van der Waals surface area contributed by atoms with Crippen molar-refractivity contribution >= 4 is 23.2 Å². The van der Waals surface area contributed by atoms with Crippen LogP contribution in [0.4, 0.5) is 0 Å². The lowest BCUT2D eigenvalue weighted by Crippen LogP contribution is -2.50. The van der Waals surface area contributed by atoms with Gasteiger partial charge in [-0.25, -0.2) is 0 Å². The number of nitrogens with zero attached hydrogens (tertiary/aromatic N) is 2. The number of benzene rings is 2. The molecule has 1 aromatic heterocycles. The average Bonchev–Trinajstić information content (AvgIpc) is 3.36. The topological polar surface area (TPSA) is 52.7 Å². The van der Waals surface area contributed by atoms with Gasteiger partial charge in [0.05, 0.1) is 11.3 Å². The Morgan fingerprint density at radius 3 is 2.23 bits per heavy atom. The maximum absolute atomic E-state index is 12.7. The van der Waals surface area contributed by atoms with Crippen molar-refractivity contribution in [3.8, 4) is 11.1 Å². The molecule has 4 rings (SSSR count). The fourth-order valence-electron chi connectivity index (χ4n) is 3.78. The van der Waals surface area contributed by atoms with Crippen molar-refractivity contribution in [1.82, 2.24) is 15.1 Å². The van der Waals surface area contributed by atoms with Gasteiger partial charge in [-0.1, -0.05) is 60.7 Å². The predicted molar refractivity (Wildman–Crippen MR) is 125 cm³/mol. The Morgan fingerprint density at radius 2 is 1.55 bits per heavy atom. The predicted octanol–water partition coefficient (Wildman–Crippen LogP) is 3.53. The second-order valence-corrected chi connectivity index (χ2v) is 8.64. The number of hydrogen-bond acceptors (Lipinski definition) is 4. The van der Waals surface area contributed by atoms with Crippen molar-refractivity contribution in [2.24, 2.45) is 0 Å². The fraction of sp³-hybridized carbons (Fsp3) is 0.280. The zero-order valence-electron chi connectivity index (χ0n) is 17.5. The van der Waals surface area contributed by atoms with Gasteiger partial charge in [0.25, 0.3) is 5.91 Å². The summed E-state index contributed by atoms with van der Waals surface area (Å²) in [5, 5.41) is 4.87. The number of nitrogens with one attached hydrogen (secondary N) is 1. The van der Waals surface area contributed by atoms with Crippen molar-refractivity contribution in [3.63, 3.8) is 0 Å². The van der Waals surface area contributed by atoms with E-state index in [2.05, 4.69) is 34.5 Å². The number of rotatable bonds is 7. The van der Waals surface area contributed by atoms with E-state index in [1.807, 2.05) is 52.7 Å². The third kappa shape index (κ3) is 5.81. The normalized spacial score (nSPS) is 14.4. The molecule has 0 bridgehead atoms. The smallest absolute Gasteiger partial charge is 0.261 e. The third-order valence-corrected chi connectivity index (χ3v) is 6.47. The van der Waals surface area contributed by atoms with E-state index in [1.165, 1.54) is 16.9 Å². The Kier molecular flexibility index (Phi) is 7.12. The van der Waals surface area contributed by atoms with Gasteiger partial charge >= 0.3 is 0 Å². The van der Waals surface area contributed by atoms with Crippen molar-refractivity contribution in [2.45, 2.75) is 6.42 Å². The van der Waals surface area contributed by atoms with Crippen molar-refractivity contribution in [3.05, 3.63) is 82.6 Å². The van der Waals surface area contributed by atoms with E-state index in [9.17, 15) is 9.59 Å². The van der Waals surface area contributed by atoms with Crippen LogP contribution < -0.4 is 5.32 Å². The molecule has 0 spiro atoms. The van der Waals surface area contributed by atoms with Crippen LogP contribution in [-0.2, 0) is 11.2 Å². The number of piperazine rings is 1. The van der Waals surface area contributed by atoms with Gasteiger partial charge in [-0.2, -0.15) is 0 Å². The molecule has 3 aromatic rings. The molecule has 0 atom stereocenters. The van der Waals surface area contributed by atoms with Gasteiger partial charge in [0, 0.05) is 39.3 Å². The molecule has 1 aliphatic rings. The van der Waals surface area contributed by atoms with Gasteiger partial charge in [0.1, 0.15) is 0 Å². The minimum atomic E-state index is -0.0119. The summed E-state index contributed by atoms with van der Waals surface area (Å²) in [6.07, 6.45) is 0.436. The molecule has 5 nitrogen and oxygen atoms in total. The summed E-state index contributed by atoms with van der Waals surface area (Å²) in [6.45, 7) is 4.58. The Bertz CT molecular complexity index is 979. The summed E-state index contributed by atoms with van der Waals surface area (Å²) in [5.74, 6) is 0.167. The fourth-order valence-corrected chi connectivity index (χ4v) is 4.42. The van der Waals surface area contributed by atoms with Crippen LogP contribution in [-0.4, -0.2) is 60.9 Å². The van der Waals surface area contributed by atoms with Gasteiger partial charge < -0.3 is 10.2 Å². The quantitative estimate of drug-likeness (QED) is 0.620. The van der Waals surface area contributed by atoms with Crippen LogP contribution in [0.5, 0.6) is 0 Å². The highest BCUT2D eigenvalue weighted by molar-refractivity contribution is 7.12. The molecule has 0 saturated carbocycles. The molecule has 0 unspecified atom stereocenters. The van der Waals surface area contributed by atoms with Crippen LogP contribution in [0.2, 0.25) is 0 Å². The molecule has 1 saturated heterocycles. The summed E-state index contributed by atoms with van der Waals surface area (Å²) in [4.78, 5) is 29.7. The molecule has 2 amide bonds. The lowest BCUT2D eigenvalue weighted by atomic mass is 10.0. The zero-order chi connectivity index (χ0) is 21.5. The van der Waals surface area contributed by atoms with Gasteiger partial charge in [-0.15, -0.1) is 11.3 Å². The zero-order valence-corrected chi connectivity index (χ0v) is 18.3. The van der Waals surface area contributed by atoms with E-state index in [-0.39, 0.29) is 11.8 Å². The highest BCUT2D eigenvalue weighted by atomic mass is 32.1. The molecular formula is C25H27N3O2S. The van der Waals surface area contributed by atoms with Crippen molar-refractivity contribution in [1.29, 1.82) is 0 Å². The summed E-state index contributed by atoms with van der Waals surface area (Å²) in [6, 6.07) is 22.2. The molecule has 0 radical (unpaired) electrons. The molecular weight excluding hydrogens is 406 g/mol. The molecule has 2 aromatic carbocycles. The SMILES string of the molecule is O=C(NCCN1CCN(C(=O)Cc2ccc(-c3ccccc3)cc2)CC1)c1cccs1. The molecule has 2 heterocycles. The van der Waals surface area contributed by atoms with E-state index >= 15 is 0 Å². The second kappa shape index (κ2) is 10.4. The van der Waals surface area contributed by atoms with Crippen LogP contribution >= 0.6 is 11.3 Å². The van der Waals surface area contributed by atoms with E-state index in [0.29, 0.717) is 13.0 Å². The van der Waals surface area contributed by atoms with Crippen molar-refractivity contribution in [2.75, 3.05) is 39.3 Å². The molecule has 1 fully saturated rings. The highest BCUT2D eigenvalue weighted by Gasteiger charge is 2.21. The van der Waals surface area contributed by atoms with E-state index in [0.717, 1.165) is 48.7 Å². The van der Waals surface area contributed by atoms with Gasteiger partial charge in [-0.3, -0.25) is 14.5 Å². The Labute approximate surface area is 187 Å². The maximum atomic E-state index is 12.7. The molecule has 0 aliphatic carbocycles. The van der Waals surface area contributed by atoms with Crippen LogP contribution in [0.1, 0.15) is 15.2 Å². The van der Waals surface area contributed by atoms with Crippen LogP contribution in [0, 0.1) is 0 Å². The van der Waals surface area contributed by atoms with E-state index in [4.69, 9.17) is 0 Å². The van der Waals surface area contributed by atoms with Crippen LogP contribution in [0.3, 0.4) is 0 Å². The minimum Gasteiger partial charge on any atom is -0.350 e. The number of hydrogen-bond donors (Lipinski definition) is 1. The van der Waals surface area contributed by atoms with Crippen LogP contribution in [0.15, 0.2) is 72.1 Å². The number of amides is 2. The van der Waals surface area contributed by atoms with E-state index < -0.39 is 0 Å². The first-order valence-electron chi connectivity index (χ1n) is 10.7. The number of thiophene rings is 1. The van der Waals surface area contributed by atoms with Crippen LogP contribution in [0.25, 0.3) is 11.1 Å². The minimum absolute atomic E-state index is 0.0119. The molecule has 160 valence electrons. The molecule has 1 N–H and O–H groups in total. The summed E-state index contributed by atoms with van der Waals surface area (Å²) >= 11 is 1.45. The van der Waals surface area contributed by atoms with Gasteiger partial charge in [0.15, 0.2) is 0 Å². The molecule has 6 heteroatoms. The molecule has 31 heavy (non-hydrogen) atoms. The number of carbonyl (C=O) groups excluding carboxylic acids is 2. The summed E-state index contributed by atoms with van der Waals surface area (Å²) in [7, 11) is 0. The Morgan fingerprint density at radius 1 is 0.839 bits per heavy atom. The van der Waals surface area contributed by atoms with Gasteiger partial charge in [-0.05, 0) is 28.1 Å². The second-order valence-electron chi connectivity index (χ2n) is 7.70. The lowest BCUT2D eigenvalue weighted by molar-refractivity contribution is -0.132. The Balaban J connectivity index is 1.19. The standard InChI is InChI=1S/C25H27N3O2S/c29-24(19-20-8-10-22(11-9-20)21-5-2-1-3-6-21)28-16-14-27(15-17-28)13-12-26-25(30)23-7-4-18-31-23/h1-11,18H,12-17,19H2,(H,26,30). The lowest BCUT2D eigenvalue weighted by Gasteiger charge is -2.34. The summed E-state index contributed by atoms with van der Waals surface area (Å²) < 4.78 is 0. The molecule has 1 aliphatic heterocycles. The maximum Gasteiger partial charge on any atom is 0.261 e. The first kappa shape index (κ1) is 21.3. The third-order valence-electron chi connectivity index (χ3n) is 5.60. The highest BCUT2D eigenvalue weighted by Crippen LogP contribution is 2.19. The summed E-state index contributed by atoms with van der Waals surface area (Å²) in [5.41, 5.74) is 3.39.